The molecule has 0 fully saturated rings. The second kappa shape index (κ2) is 4.64. The topological polar surface area (TPSA) is 26.3 Å². The highest BCUT2D eigenvalue weighted by atomic mass is 16.5. The molecule has 1 heterocycles. The molecule has 0 saturated heterocycles. The Balaban J connectivity index is 2.24. The molecule has 2 aromatic carbocycles. The normalized spacial score (nSPS) is 17.2. The second-order valence-electron chi connectivity index (χ2n) is 5.03. The number of hydrogen-bond acceptors (Lipinski definition) is 2. The monoisotopic (exact) mass is 264 g/mol. The predicted octanol–water partition coefficient (Wildman–Crippen LogP) is 3.82. The summed E-state index contributed by atoms with van der Waals surface area (Å²) in [6.45, 7) is 3.67. The zero-order valence-electron chi connectivity index (χ0n) is 11.6. The van der Waals surface area contributed by atoms with Crippen molar-refractivity contribution in [3.05, 3.63) is 83.1 Å². The SMILES string of the molecule is CC1=C(C)C(=O)C(c2ccccc2)(c2ccccc2)O1. The molecule has 0 aliphatic carbocycles. The fourth-order valence-electron chi connectivity index (χ4n) is 2.67. The van der Waals surface area contributed by atoms with Crippen LogP contribution < -0.4 is 0 Å². The molecule has 0 spiro atoms. The number of benzene rings is 2. The minimum absolute atomic E-state index is 0.0207. The van der Waals surface area contributed by atoms with Crippen molar-refractivity contribution >= 4 is 5.78 Å². The van der Waals surface area contributed by atoms with Gasteiger partial charge in [0.05, 0.1) is 0 Å². The summed E-state index contributed by atoms with van der Waals surface area (Å²) in [4.78, 5) is 12.9. The van der Waals surface area contributed by atoms with Crippen LogP contribution in [0.5, 0.6) is 0 Å². The van der Waals surface area contributed by atoms with Gasteiger partial charge in [-0.2, -0.15) is 0 Å². The van der Waals surface area contributed by atoms with Crippen LogP contribution in [-0.2, 0) is 15.1 Å². The summed E-state index contributed by atoms with van der Waals surface area (Å²) >= 11 is 0. The average Bonchev–Trinajstić information content (AvgIpc) is 2.74. The second-order valence-corrected chi connectivity index (χ2v) is 5.03. The molecule has 20 heavy (non-hydrogen) atoms. The summed E-state index contributed by atoms with van der Waals surface area (Å²) in [6, 6.07) is 19.4. The van der Waals surface area contributed by atoms with Crippen LogP contribution in [0.2, 0.25) is 0 Å². The molecule has 0 bridgehead atoms. The number of hydrogen-bond donors (Lipinski definition) is 0. The van der Waals surface area contributed by atoms with Crippen LogP contribution in [0.15, 0.2) is 72.0 Å². The van der Waals surface area contributed by atoms with Crippen molar-refractivity contribution < 1.29 is 9.53 Å². The van der Waals surface area contributed by atoms with E-state index in [2.05, 4.69) is 0 Å². The lowest BCUT2D eigenvalue weighted by Gasteiger charge is -2.29. The van der Waals surface area contributed by atoms with Crippen molar-refractivity contribution in [2.75, 3.05) is 0 Å². The molecule has 2 heteroatoms. The van der Waals surface area contributed by atoms with Gasteiger partial charge in [-0.25, -0.2) is 0 Å². The highest BCUT2D eigenvalue weighted by molar-refractivity contribution is 6.06. The van der Waals surface area contributed by atoms with Gasteiger partial charge in [-0.15, -0.1) is 0 Å². The Labute approximate surface area is 118 Å². The number of ether oxygens (including phenoxy) is 1. The average molecular weight is 264 g/mol. The molecule has 1 aliphatic rings. The van der Waals surface area contributed by atoms with Crippen LogP contribution in [-0.4, -0.2) is 5.78 Å². The third kappa shape index (κ3) is 1.68. The fraction of sp³-hybridized carbons (Fsp3) is 0.167. The van der Waals surface area contributed by atoms with Gasteiger partial charge in [0.15, 0.2) is 0 Å². The van der Waals surface area contributed by atoms with Gasteiger partial charge in [0, 0.05) is 16.7 Å². The van der Waals surface area contributed by atoms with E-state index in [0.717, 1.165) is 11.1 Å². The maximum Gasteiger partial charge on any atom is 0.221 e. The van der Waals surface area contributed by atoms with Crippen molar-refractivity contribution in [2.45, 2.75) is 19.4 Å². The molecule has 1 aliphatic heterocycles. The maximum absolute atomic E-state index is 12.9. The summed E-state index contributed by atoms with van der Waals surface area (Å²) in [5.74, 6) is 0.718. The summed E-state index contributed by atoms with van der Waals surface area (Å²) < 4.78 is 6.08. The lowest BCUT2D eigenvalue weighted by Crippen LogP contribution is -2.35. The summed E-state index contributed by atoms with van der Waals surface area (Å²) in [7, 11) is 0. The zero-order chi connectivity index (χ0) is 14.2. The van der Waals surface area contributed by atoms with E-state index in [9.17, 15) is 4.79 Å². The van der Waals surface area contributed by atoms with E-state index in [-0.39, 0.29) is 5.78 Å². The van der Waals surface area contributed by atoms with Gasteiger partial charge >= 0.3 is 0 Å². The molecule has 2 aromatic rings. The highest BCUT2D eigenvalue weighted by Gasteiger charge is 2.49. The molecule has 0 atom stereocenters. The summed E-state index contributed by atoms with van der Waals surface area (Å²) in [5.41, 5.74) is 1.40. The minimum atomic E-state index is -1.03. The molecular weight excluding hydrogens is 248 g/mol. The van der Waals surface area contributed by atoms with E-state index in [0.29, 0.717) is 11.3 Å². The standard InChI is InChI=1S/C18H16O2/c1-13-14(2)20-18(17(13)19,15-9-5-3-6-10-15)16-11-7-4-8-12-16/h3-12H,1-2H3. The van der Waals surface area contributed by atoms with Crippen LogP contribution in [0.1, 0.15) is 25.0 Å². The van der Waals surface area contributed by atoms with Crippen molar-refractivity contribution in [1.82, 2.24) is 0 Å². The predicted molar refractivity (Wildman–Crippen MR) is 78.1 cm³/mol. The largest absolute Gasteiger partial charge is 0.474 e. The Kier molecular flexibility index (Phi) is 2.94. The van der Waals surface area contributed by atoms with Gasteiger partial charge in [0.25, 0.3) is 0 Å². The Hall–Kier alpha value is -2.35. The number of carbonyl (C=O) groups excluding carboxylic acids is 1. The van der Waals surface area contributed by atoms with Crippen molar-refractivity contribution in [1.29, 1.82) is 0 Å². The summed E-state index contributed by atoms with van der Waals surface area (Å²) in [5, 5.41) is 0. The first kappa shape index (κ1) is 12.7. The Bertz CT molecular complexity index is 630. The third-order valence-electron chi connectivity index (χ3n) is 3.86. The van der Waals surface area contributed by atoms with Crippen LogP contribution in [0.25, 0.3) is 0 Å². The van der Waals surface area contributed by atoms with Gasteiger partial charge in [-0.3, -0.25) is 4.79 Å². The van der Waals surface area contributed by atoms with Gasteiger partial charge in [0.2, 0.25) is 11.4 Å². The molecule has 100 valence electrons. The van der Waals surface area contributed by atoms with E-state index in [1.165, 1.54) is 0 Å². The van der Waals surface area contributed by atoms with Crippen LogP contribution >= 0.6 is 0 Å². The van der Waals surface area contributed by atoms with E-state index >= 15 is 0 Å². The molecule has 0 saturated carbocycles. The number of rotatable bonds is 2. The first-order valence-corrected chi connectivity index (χ1v) is 6.68. The first-order chi connectivity index (χ1) is 9.66. The third-order valence-corrected chi connectivity index (χ3v) is 3.86. The molecule has 0 radical (unpaired) electrons. The van der Waals surface area contributed by atoms with Gasteiger partial charge in [0.1, 0.15) is 5.76 Å². The summed E-state index contributed by atoms with van der Waals surface area (Å²) in [6.07, 6.45) is 0. The number of carbonyl (C=O) groups is 1. The molecule has 0 aromatic heterocycles. The van der Waals surface area contributed by atoms with Crippen LogP contribution in [0.4, 0.5) is 0 Å². The Morgan fingerprint density at radius 1 is 0.800 bits per heavy atom. The van der Waals surface area contributed by atoms with Crippen molar-refractivity contribution in [3.63, 3.8) is 0 Å². The first-order valence-electron chi connectivity index (χ1n) is 6.68. The van der Waals surface area contributed by atoms with Crippen LogP contribution in [0.3, 0.4) is 0 Å². The van der Waals surface area contributed by atoms with E-state index in [1.54, 1.807) is 0 Å². The van der Waals surface area contributed by atoms with Gasteiger partial charge < -0.3 is 4.74 Å². The minimum Gasteiger partial charge on any atom is -0.474 e. The van der Waals surface area contributed by atoms with Gasteiger partial charge in [-0.1, -0.05) is 60.7 Å². The quantitative estimate of drug-likeness (QED) is 0.824. The van der Waals surface area contributed by atoms with Gasteiger partial charge in [-0.05, 0) is 13.8 Å². The Morgan fingerprint density at radius 3 is 1.60 bits per heavy atom. The molecule has 3 rings (SSSR count). The van der Waals surface area contributed by atoms with Crippen molar-refractivity contribution in [3.8, 4) is 0 Å². The molecule has 0 N–H and O–H groups in total. The smallest absolute Gasteiger partial charge is 0.221 e. The van der Waals surface area contributed by atoms with E-state index in [1.807, 2.05) is 74.5 Å². The lowest BCUT2D eigenvalue weighted by molar-refractivity contribution is -0.127. The molecule has 0 amide bonds. The molecular formula is C18H16O2. The highest BCUT2D eigenvalue weighted by Crippen LogP contribution is 2.43. The van der Waals surface area contributed by atoms with Crippen molar-refractivity contribution in [2.24, 2.45) is 0 Å². The van der Waals surface area contributed by atoms with Crippen LogP contribution in [0, 0.1) is 0 Å². The Morgan fingerprint density at radius 2 is 1.25 bits per heavy atom. The van der Waals surface area contributed by atoms with E-state index in [4.69, 9.17) is 4.74 Å². The fourth-order valence-corrected chi connectivity index (χ4v) is 2.67. The zero-order valence-corrected chi connectivity index (χ0v) is 11.6. The van der Waals surface area contributed by atoms with E-state index < -0.39 is 5.60 Å². The number of allylic oxidation sites excluding steroid dienone is 1. The molecule has 2 nitrogen and oxygen atoms in total. The molecule has 0 unspecified atom stereocenters. The number of Topliss-reactive ketones (excluding diaryl/α,β-unsaturated/α-hetero) is 1. The number of ketones is 1. The maximum atomic E-state index is 12.9. The lowest BCUT2D eigenvalue weighted by atomic mass is 9.81.